The lowest BCUT2D eigenvalue weighted by molar-refractivity contribution is 0.0680. The normalized spacial score (nSPS) is 16.8. The van der Waals surface area contributed by atoms with E-state index >= 15 is 0 Å². The van der Waals surface area contributed by atoms with Crippen molar-refractivity contribution < 1.29 is 13.2 Å². The van der Waals surface area contributed by atoms with Crippen molar-refractivity contribution >= 4 is 15.9 Å². The second-order valence-corrected chi connectivity index (χ2v) is 7.98. The molecule has 1 heterocycles. The zero-order valence-corrected chi connectivity index (χ0v) is 15.0. The molecule has 0 unspecified atom stereocenters. The number of piperidine rings is 1. The number of amides is 1. The van der Waals surface area contributed by atoms with Crippen LogP contribution in [0.1, 0.15) is 42.6 Å². The van der Waals surface area contributed by atoms with E-state index in [-0.39, 0.29) is 11.9 Å². The zero-order chi connectivity index (χ0) is 17.0. The number of hydrogen-bond acceptors (Lipinski definition) is 3. The Labute approximate surface area is 139 Å². The molecule has 0 atom stereocenters. The maximum Gasteiger partial charge on any atom is 0.253 e. The van der Waals surface area contributed by atoms with Gasteiger partial charge in [0.05, 0.1) is 6.26 Å². The topological polar surface area (TPSA) is 57.7 Å². The molecule has 0 aliphatic carbocycles. The van der Waals surface area contributed by atoms with Crippen LogP contribution in [-0.2, 0) is 16.4 Å². The highest BCUT2D eigenvalue weighted by atomic mass is 32.2. The van der Waals surface area contributed by atoms with E-state index in [2.05, 4.69) is 6.92 Å². The fourth-order valence-corrected chi connectivity index (χ4v) is 4.41. The molecule has 5 nitrogen and oxygen atoms in total. The molecule has 23 heavy (non-hydrogen) atoms. The molecule has 1 aliphatic heterocycles. The maximum atomic E-state index is 12.5. The maximum absolute atomic E-state index is 12.5. The van der Waals surface area contributed by atoms with Gasteiger partial charge in [-0.3, -0.25) is 4.79 Å². The summed E-state index contributed by atoms with van der Waals surface area (Å²) < 4.78 is 25.2. The predicted octanol–water partition coefficient (Wildman–Crippen LogP) is 2.14. The smallest absolute Gasteiger partial charge is 0.253 e. The summed E-state index contributed by atoms with van der Waals surface area (Å²) in [5.74, 6) is 0.0357. The number of hydrogen-bond donors (Lipinski definition) is 0. The summed E-state index contributed by atoms with van der Waals surface area (Å²) in [4.78, 5) is 14.4. The van der Waals surface area contributed by atoms with E-state index in [1.54, 1.807) is 4.31 Å². The van der Waals surface area contributed by atoms with E-state index in [0.29, 0.717) is 38.0 Å². The van der Waals surface area contributed by atoms with Gasteiger partial charge >= 0.3 is 0 Å². The largest absolute Gasteiger partial charge is 0.339 e. The Morgan fingerprint density at radius 3 is 2.17 bits per heavy atom. The summed E-state index contributed by atoms with van der Waals surface area (Å²) >= 11 is 0. The molecule has 1 amide bonds. The lowest BCUT2D eigenvalue weighted by atomic mass is 10.0. The predicted molar refractivity (Wildman–Crippen MR) is 92.0 cm³/mol. The monoisotopic (exact) mass is 338 g/mol. The van der Waals surface area contributed by atoms with E-state index in [0.717, 1.165) is 6.42 Å². The first kappa shape index (κ1) is 17.9. The molecule has 0 bridgehead atoms. The van der Waals surface area contributed by atoms with E-state index in [4.69, 9.17) is 0 Å². The van der Waals surface area contributed by atoms with Crippen LogP contribution in [0.5, 0.6) is 0 Å². The molecule has 1 fully saturated rings. The van der Waals surface area contributed by atoms with E-state index < -0.39 is 10.0 Å². The molecule has 128 valence electrons. The highest BCUT2D eigenvalue weighted by Gasteiger charge is 2.30. The molecular weight excluding hydrogens is 312 g/mol. The van der Waals surface area contributed by atoms with E-state index in [9.17, 15) is 13.2 Å². The summed E-state index contributed by atoms with van der Waals surface area (Å²) in [6.45, 7) is 5.63. The quantitative estimate of drug-likeness (QED) is 0.826. The molecule has 0 N–H and O–H groups in total. The van der Waals surface area contributed by atoms with Gasteiger partial charge in [-0.15, -0.1) is 0 Å². The van der Waals surface area contributed by atoms with Crippen molar-refractivity contribution in [3.63, 3.8) is 0 Å². The van der Waals surface area contributed by atoms with Gasteiger partial charge in [-0.1, -0.05) is 26.0 Å². The average Bonchev–Trinajstić information content (AvgIpc) is 2.54. The Balaban J connectivity index is 1.99. The Morgan fingerprint density at radius 2 is 1.74 bits per heavy atom. The summed E-state index contributed by atoms with van der Waals surface area (Å²) in [5.41, 5.74) is 1.92. The van der Waals surface area contributed by atoms with Crippen molar-refractivity contribution in [3.8, 4) is 0 Å². The van der Waals surface area contributed by atoms with Crippen LogP contribution in [-0.4, -0.2) is 55.5 Å². The van der Waals surface area contributed by atoms with Crippen LogP contribution >= 0.6 is 0 Å². The first-order chi connectivity index (χ1) is 10.9. The fourth-order valence-electron chi connectivity index (χ4n) is 3.19. The molecule has 1 aliphatic rings. The number of rotatable bonds is 5. The molecular formula is C17H26N2O3S. The third-order valence-electron chi connectivity index (χ3n) is 4.51. The van der Waals surface area contributed by atoms with Gasteiger partial charge in [0.2, 0.25) is 10.0 Å². The van der Waals surface area contributed by atoms with Gasteiger partial charge in [0.15, 0.2) is 0 Å². The van der Waals surface area contributed by atoms with Crippen molar-refractivity contribution in [2.24, 2.45) is 0 Å². The Bertz CT molecular complexity index is 632. The summed E-state index contributed by atoms with van der Waals surface area (Å²) in [6.07, 6.45) is 3.60. The first-order valence-electron chi connectivity index (χ1n) is 8.21. The van der Waals surface area contributed by atoms with Gasteiger partial charge in [0, 0.05) is 31.2 Å². The van der Waals surface area contributed by atoms with E-state index in [1.807, 2.05) is 36.1 Å². The molecule has 1 aromatic rings. The highest BCUT2D eigenvalue weighted by molar-refractivity contribution is 7.88. The van der Waals surface area contributed by atoms with Crippen LogP contribution in [0.25, 0.3) is 0 Å². The molecule has 1 saturated heterocycles. The van der Waals surface area contributed by atoms with Crippen molar-refractivity contribution in [3.05, 3.63) is 35.4 Å². The van der Waals surface area contributed by atoms with Crippen molar-refractivity contribution in [1.29, 1.82) is 0 Å². The molecule has 0 saturated carbocycles. The van der Waals surface area contributed by atoms with Crippen LogP contribution in [0.2, 0.25) is 0 Å². The van der Waals surface area contributed by atoms with Gasteiger partial charge in [-0.25, -0.2) is 8.42 Å². The summed E-state index contributed by atoms with van der Waals surface area (Å²) in [5, 5.41) is 0. The number of carbonyl (C=O) groups is 1. The molecule has 0 radical (unpaired) electrons. The van der Waals surface area contributed by atoms with Crippen molar-refractivity contribution in [2.45, 2.75) is 39.2 Å². The van der Waals surface area contributed by atoms with Gasteiger partial charge in [0.25, 0.3) is 5.91 Å². The van der Waals surface area contributed by atoms with Gasteiger partial charge < -0.3 is 4.90 Å². The fraction of sp³-hybridized carbons (Fsp3) is 0.588. The van der Waals surface area contributed by atoms with Gasteiger partial charge in [-0.05, 0) is 37.0 Å². The minimum Gasteiger partial charge on any atom is -0.339 e. The Kier molecular flexibility index (Phi) is 5.81. The van der Waals surface area contributed by atoms with Crippen LogP contribution in [0.15, 0.2) is 24.3 Å². The van der Waals surface area contributed by atoms with Crippen LogP contribution < -0.4 is 0 Å². The lowest BCUT2D eigenvalue weighted by Gasteiger charge is -2.36. The molecule has 0 spiro atoms. The lowest BCUT2D eigenvalue weighted by Crippen LogP contribution is -2.48. The number of carbonyl (C=O) groups excluding carboxylic acids is 1. The number of likely N-dealkylation sites (tertiary alicyclic amines) is 1. The van der Waals surface area contributed by atoms with Crippen molar-refractivity contribution in [1.82, 2.24) is 9.21 Å². The van der Waals surface area contributed by atoms with E-state index in [1.165, 1.54) is 11.8 Å². The van der Waals surface area contributed by atoms with Crippen LogP contribution in [0.4, 0.5) is 0 Å². The second kappa shape index (κ2) is 7.45. The molecule has 6 heteroatoms. The molecule has 0 aromatic heterocycles. The van der Waals surface area contributed by atoms with Gasteiger partial charge in [-0.2, -0.15) is 4.31 Å². The highest BCUT2D eigenvalue weighted by Crippen LogP contribution is 2.20. The summed E-state index contributed by atoms with van der Waals surface area (Å²) in [6, 6.07) is 7.73. The van der Waals surface area contributed by atoms with Crippen LogP contribution in [0.3, 0.4) is 0 Å². The number of benzene rings is 1. The summed E-state index contributed by atoms with van der Waals surface area (Å²) in [7, 11) is -3.18. The Hall–Kier alpha value is -1.40. The number of nitrogens with zero attached hydrogens (tertiary/aromatic N) is 2. The third-order valence-corrected chi connectivity index (χ3v) is 5.91. The Morgan fingerprint density at radius 1 is 1.17 bits per heavy atom. The second-order valence-electron chi connectivity index (χ2n) is 6.04. The third kappa shape index (κ3) is 4.32. The SMILES string of the molecule is CCc1ccc(C(=O)N2CCC(N(CC)S(C)(=O)=O)CC2)cc1. The number of aryl methyl sites for hydroxylation is 1. The van der Waals surface area contributed by atoms with Crippen LogP contribution in [0, 0.1) is 0 Å². The molecule has 1 aromatic carbocycles. The molecule has 2 rings (SSSR count). The average molecular weight is 338 g/mol. The minimum atomic E-state index is -3.18. The zero-order valence-electron chi connectivity index (χ0n) is 14.2. The minimum absolute atomic E-state index is 0.00140. The van der Waals surface area contributed by atoms with Crippen molar-refractivity contribution in [2.75, 3.05) is 25.9 Å². The standard InChI is InChI=1S/C17H26N2O3S/c1-4-14-6-8-15(9-7-14)17(20)18-12-10-16(11-13-18)19(5-2)23(3,21)22/h6-9,16H,4-5,10-13H2,1-3H3. The number of sulfonamides is 1. The first-order valence-corrected chi connectivity index (χ1v) is 10.1. The van der Waals surface area contributed by atoms with Gasteiger partial charge in [0.1, 0.15) is 0 Å².